The topological polar surface area (TPSA) is 55.4 Å². The number of Topliss-reactive ketones (excluding diaryl/α,β-unsaturated/α-hetero) is 1. The Morgan fingerprint density at radius 3 is 2.38 bits per heavy atom. The van der Waals surface area contributed by atoms with Crippen molar-refractivity contribution >= 4 is 17.4 Å². The predicted molar refractivity (Wildman–Crippen MR) is 86.4 cm³/mol. The van der Waals surface area contributed by atoms with E-state index in [1.54, 1.807) is 18.2 Å². The fraction of sp³-hybridized carbons (Fsp3) is 0.222. The molecular formula is C18H17F2NO3. The largest absolute Gasteiger partial charge is 0.433 e. The molecule has 1 amide bonds. The molecule has 6 heteroatoms. The highest BCUT2D eigenvalue weighted by molar-refractivity contribution is 6.00. The zero-order chi connectivity index (χ0) is 17.5. The number of alkyl halides is 2. The number of amides is 1. The number of rotatable bonds is 7. The number of hydrogen-bond donors (Lipinski definition) is 1. The molecule has 0 saturated carbocycles. The van der Waals surface area contributed by atoms with Gasteiger partial charge in [0, 0.05) is 18.4 Å². The molecule has 0 aliphatic heterocycles. The highest BCUT2D eigenvalue weighted by Gasteiger charge is 2.13. The molecule has 0 bridgehead atoms. The summed E-state index contributed by atoms with van der Waals surface area (Å²) in [5.41, 5.74) is 1.72. The molecule has 0 aromatic heterocycles. The fourth-order valence-corrected chi connectivity index (χ4v) is 2.09. The van der Waals surface area contributed by atoms with Gasteiger partial charge in [0.25, 0.3) is 0 Å². The second-order valence-electron chi connectivity index (χ2n) is 5.21. The Kier molecular flexibility index (Phi) is 6.01. The van der Waals surface area contributed by atoms with E-state index < -0.39 is 12.5 Å². The van der Waals surface area contributed by atoms with Gasteiger partial charge in [-0.2, -0.15) is 8.78 Å². The Morgan fingerprint density at radius 2 is 1.71 bits per heavy atom. The van der Waals surface area contributed by atoms with E-state index in [4.69, 9.17) is 0 Å². The summed E-state index contributed by atoms with van der Waals surface area (Å²) in [6, 6.07) is 13.0. The summed E-state index contributed by atoms with van der Waals surface area (Å²) in [4.78, 5) is 24.0. The Balaban J connectivity index is 1.92. The number of anilines is 1. The molecule has 0 aliphatic carbocycles. The van der Waals surface area contributed by atoms with Gasteiger partial charge in [-0.15, -0.1) is 0 Å². The van der Waals surface area contributed by atoms with Gasteiger partial charge in [0.05, 0.1) is 5.69 Å². The fourth-order valence-electron chi connectivity index (χ4n) is 2.09. The lowest BCUT2D eigenvalue weighted by Gasteiger charge is -2.11. The van der Waals surface area contributed by atoms with Gasteiger partial charge in [-0.05, 0) is 19.1 Å². The van der Waals surface area contributed by atoms with Crippen LogP contribution in [-0.2, 0) is 4.79 Å². The molecule has 0 saturated heterocycles. The average Bonchev–Trinajstić information content (AvgIpc) is 2.54. The molecule has 0 spiro atoms. The first-order valence-electron chi connectivity index (χ1n) is 7.39. The van der Waals surface area contributed by atoms with Gasteiger partial charge >= 0.3 is 6.61 Å². The number of hydrogen-bond acceptors (Lipinski definition) is 3. The van der Waals surface area contributed by atoms with Crippen LogP contribution in [0.1, 0.15) is 28.8 Å². The molecule has 126 valence electrons. The molecule has 0 aliphatic rings. The molecule has 0 radical (unpaired) electrons. The number of carbonyl (C=O) groups excluding carboxylic acids is 2. The van der Waals surface area contributed by atoms with Crippen molar-refractivity contribution in [2.24, 2.45) is 0 Å². The van der Waals surface area contributed by atoms with Crippen LogP contribution in [-0.4, -0.2) is 18.3 Å². The summed E-state index contributed by atoms with van der Waals surface area (Å²) in [6.45, 7) is -1.06. The molecule has 2 aromatic carbocycles. The number of ether oxygens (including phenoxy) is 1. The normalized spacial score (nSPS) is 10.5. The smallest absolute Gasteiger partial charge is 0.387 e. The van der Waals surface area contributed by atoms with E-state index in [9.17, 15) is 18.4 Å². The summed E-state index contributed by atoms with van der Waals surface area (Å²) in [5.74, 6) is -0.714. The van der Waals surface area contributed by atoms with Crippen molar-refractivity contribution in [2.75, 3.05) is 5.32 Å². The van der Waals surface area contributed by atoms with Crippen molar-refractivity contribution in [3.05, 3.63) is 59.7 Å². The lowest BCUT2D eigenvalue weighted by Crippen LogP contribution is -2.15. The van der Waals surface area contributed by atoms with E-state index in [0.717, 1.165) is 5.56 Å². The molecule has 0 fully saturated rings. The summed E-state index contributed by atoms with van der Waals surface area (Å²) in [7, 11) is 0. The van der Waals surface area contributed by atoms with Crippen LogP contribution >= 0.6 is 0 Å². The molecule has 2 aromatic rings. The lowest BCUT2D eigenvalue weighted by atomic mass is 10.0. The van der Waals surface area contributed by atoms with Crippen molar-refractivity contribution in [2.45, 2.75) is 26.4 Å². The van der Waals surface area contributed by atoms with Gasteiger partial charge in [-0.3, -0.25) is 9.59 Å². The standard InChI is InChI=1S/C18H17F2NO3/c1-12-6-8-13(9-7-12)15(22)10-11-17(23)21-14-4-2-3-5-16(14)24-18(19)20/h2-9,18H,10-11H2,1H3,(H,21,23). The van der Waals surface area contributed by atoms with Crippen LogP contribution in [0.25, 0.3) is 0 Å². The third-order valence-electron chi connectivity index (χ3n) is 3.33. The van der Waals surface area contributed by atoms with Gasteiger partial charge < -0.3 is 10.1 Å². The maximum Gasteiger partial charge on any atom is 0.387 e. The summed E-state index contributed by atoms with van der Waals surface area (Å²) in [6.07, 6.45) is -0.0114. The van der Waals surface area contributed by atoms with E-state index in [1.807, 2.05) is 19.1 Å². The Labute approximate surface area is 138 Å². The first-order valence-corrected chi connectivity index (χ1v) is 7.39. The molecule has 0 unspecified atom stereocenters. The van der Waals surface area contributed by atoms with Gasteiger partial charge in [-0.25, -0.2) is 0 Å². The van der Waals surface area contributed by atoms with Crippen molar-refractivity contribution in [1.82, 2.24) is 0 Å². The Morgan fingerprint density at radius 1 is 1.04 bits per heavy atom. The summed E-state index contributed by atoms with van der Waals surface area (Å²) < 4.78 is 29.0. The van der Waals surface area contributed by atoms with E-state index in [0.29, 0.717) is 5.56 Å². The van der Waals surface area contributed by atoms with Crippen molar-refractivity contribution in [3.8, 4) is 5.75 Å². The van der Waals surface area contributed by atoms with Gasteiger partial charge in [0.1, 0.15) is 5.75 Å². The molecule has 24 heavy (non-hydrogen) atoms. The van der Waals surface area contributed by atoms with Crippen molar-refractivity contribution in [3.63, 3.8) is 0 Å². The number of ketones is 1. The monoisotopic (exact) mass is 333 g/mol. The number of aryl methyl sites for hydroxylation is 1. The van der Waals surface area contributed by atoms with E-state index in [2.05, 4.69) is 10.1 Å². The van der Waals surface area contributed by atoms with E-state index in [-0.39, 0.29) is 30.1 Å². The number of halogens is 2. The molecule has 4 nitrogen and oxygen atoms in total. The number of nitrogens with one attached hydrogen (secondary N) is 1. The Hall–Kier alpha value is -2.76. The van der Waals surface area contributed by atoms with Crippen LogP contribution in [0.3, 0.4) is 0 Å². The van der Waals surface area contributed by atoms with Crippen LogP contribution in [0.15, 0.2) is 48.5 Å². The second-order valence-corrected chi connectivity index (χ2v) is 5.21. The highest BCUT2D eigenvalue weighted by atomic mass is 19.3. The number of benzene rings is 2. The molecular weight excluding hydrogens is 316 g/mol. The number of carbonyl (C=O) groups is 2. The first kappa shape index (κ1) is 17.6. The molecule has 1 N–H and O–H groups in total. The van der Waals surface area contributed by atoms with Crippen molar-refractivity contribution < 1.29 is 23.1 Å². The van der Waals surface area contributed by atoms with Crippen LogP contribution < -0.4 is 10.1 Å². The highest BCUT2D eigenvalue weighted by Crippen LogP contribution is 2.25. The van der Waals surface area contributed by atoms with Crippen LogP contribution in [0.5, 0.6) is 5.75 Å². The summed E-state index contributed by atoms with van der Waals surface area (Å²) in [5, 5.41) is 2.48. The maximum atomic E-state index is 12.3. The molecule has 0 atom stereocenters. The maximum absolute atomic E-state index is 12.3. The first-order chi connectivity index (χ1) is 11.5. The third-order valence-corrected chi connectivity index (χ3v) is 3.33. The van der Waals surface area contributed by atoms with Gasteiger partial charge in [0.2, 0.25) is 5.91 Å². The Bertz CT molecular complexity index is 714. The molecule has 2 rings (SSSR count). The molecule has 0 heterocycles. The predicted octanol–water partition coefficient (Wildman–Crippen LogP) is 4.20. The van der Waals surface area contributed by atoms with Crippen molar-refractivity contribution in [1.29, 1.82) is 0 Å². The number of para-hydroxylation sites is 2. The average molecular weight is 333 g/mol. The van der Waals surface area contributed by atoms with E-state index >= 15 is 0 Å². The SMILES string of the molecule is Cc1ccc(C(=O)CCC(=O)Nc2ccccc2OC(F)F)cc1. The summed E-state index contributed by atoms with van der Waals surface area (Å²) >= 11 is 0. The minimum absolute atomic E-state index is 0.0345. The lowest BCUT2D eigenvalue weighted by molar-refractivity contribution is -0.116. The van der Waals surface area contributed by atoms with Gasteiger partial charge in [-0.1, -0.05) is 42.0 Å². The van der Waals surface area contributed by atoms with Crippen LogP contribution in [0, 0.1) is 6.92 Å². The minimum atomic E-state index is -2.98. The van der Waals surface area contributed by atoms with Crippen LogP contribution in [0.2, 0.25) is 0 Å². The van der Waals surface area contributed by atoms with Gasteiger partial charge in [0.15, 0.2) is 5.78 Å². The zero-order valence-corrected chi connectivity index (χ0v) is 13.1. The second kappa shape index (κ2) is 8.19. The zero-order valence-electron chi connectivity index (χ0n) is 13.1. The minimum Gasteiger partial charge on any atom is -0.433 e. The third kappa shape index (κ3) is 5.15. The van der Waals surface area contributed by atoms with E-state index in [1.165, 1.54) is 18.2 Å². The van der Waals surface area contributed by atoms with Crippen LogP contribution in [0.4, 0.5) is 14.5 Å². The quantitative estimate of drug-likeness (QED) is 0.773.